The number of rotatable bonds is 5. The fraction of sp³-hybridized carbons (Fsp3) is 0.312. The third-order valence-corrected chi connectivity index (χ3v) is 4.35. The van der Waals surface area contributed by atoms with Gasteiger partial charge in [0.15, 0.2) is 0 Å². The van der Waals surface area contributed by atoms with Crippen molar-refractivity contribution in [1.29, 1.82) is 0 Å². The molecule has 1 aromatic carbocycles. The zero-order chi connectivity index (χ0) is 15.7. The number of thiazole rings is 1. The number of aryl methyl sites for hydroxylation is 1. The van der Waals surface area contributed by atoms with Crippen molar-refractivity contribution in [3.8, 4) is 11.3 Å². The predicted molar refractivity (Wildman–Crippen MR) is 84.0 cm³/mol. The van der Waals surface area contributed by atoms with Crippen molar-refractivity contribution in [2.45, 2.75) is 25.8 Å². The Kier molecular flexibility index (Phi) is 3.94. The van der Waals surface area contributed by atoms with Gasteiger partial charge in [0.25, 0.3) is 5.91 Å². The monoisotopic (exact) mass is 316 g/mol. The second kappa shape index (κ2) is 5.88. The van der Waals surface area contributed by atoms with E-state index < -0.39 is 5.97 Å². The second-order valence-corrected chi connectivity index (χ2v) is 6.45. The minimum absolute atomic E-state index is 0.0637. The van der Waals surface area contributed by atoms with Gasteiger partial charge in [-0.05, 0) is 31.9 Å². The fourth-order valence-electron chi connectivity index (χ4n) is 2.37. The van der Waals surface area contributed by atoms with Crippen LogP contribution in [-0.4, -0.2) is 39.5 Å². The number of hydrogen-bond acceptors (Lipinski definition) is 4. The molecule has 6 heteroatoms. The van der Waals surface area contributed by atoms with E-state index in [-0.39, 0.29) is 18.5 Å². The molecule has 1 aliphatic carbocycles. The maximum absolute atomic E-state index is 12.6. The molecule has 1 amide bonds. The van der Waals surface area contributed by atoms with Gasteiger partial charge >= 0.3 is 5.97 Å². The number of benzene rings is 1. The summed E-state index contributed by atoms with van der Waals surface area (Å²) in [4.78, 5) is 29.4. The first-order chi connectivity index (χ1) is 10.5. The number of hydrogen-bond donors (Lipinski definition) is 1. The molecule has 0 bridgehead atoms. The highest BCUT2D eigenvalue weighted by Crippen LogP contribution is 2.29. The molecular weight excluding hydrogens is 300 g/mol. The summed E-state index contributed by atoms with van der Waals surface area (Å²) in [5.41, 5.74) is 2.23. The van der Waals surface area contributed by atoms with Gasteiger partial charge in [-0.1, -0.05) is 12.1 Å². The van der Waals surface area contributed by atoms with E-state index in [4.69, 9.17) is 5.11 Å². The number of aliphatic carboxylic acids is 1. The summed E-state index contributed by atoms with van der Waals surface area (Å²) >= 11 is 1.56. The van der Waals surface area contributed by atoms with Gasteiger partial charge in [-0.25, -0.2) is 4.98 Å². The molecule has 0 saturated heterocycles. The molecule has 1 fully saturated rings. The molecule has 1 aromatic heterocycles. The van der Waals surface area contributed by atoms with E-state index in [0.717, 1.165) is 29.1 Å². The lowest BCUT2D eigenvalue weighted by atomic mass is 10.1. The van der Waals surface area contributed by atoms with E-state index >= 15 is 0 Å². The number of carbonyl (C=O) groups is 2. The minimum Gasteiger partial charge on any atom is -0.480 e. The maximum Gasteiger partial charge on any atom is 0.323 e. The van der Waals surface area contributed by atoms with Crippen LogP contribution in [0.25, 0.3) is 11.3 Å². The van der Waals surface area contributed by atoms with Crippen LogP contribution in [0.2, 0.25) is 0 Å². The summed E-state index contributed by atoms with van der Waals surface area (Å²) in [6.07, 6.45) is 1.76. The summed E-state index contributed by atoms with van der Waals surface area (Å²) in [5.74, 6) is -1.20. The van der Waals surface area contributed by atoms with Gasteiger partial charge < -0.3 is 10.0 Å². The van der Waals surface area contributed by atoms with Crippen LogP contribution in [0.5, 0.6) is 0 Å². The molecule has 114 valence electrons. The third kappa shape index (κ3) is 3.17. The number of carboxylic acids is 1. The van der Waals surface area contributed by atoms with Crippen molar-refractivity contribution in [1.82, 2.24) is 9.88 Å². The summed E-state index contributed by atoms with van der Waals surface area (Å²) in [5, 5.41) is 11.9. The third-order valence-electron chi connectivity index (χ3n) is 3.58. The van der Waals surface area contributed by atoms with Crippen LogP contribution in [0.1, 0.15) is 28.2 Å². The fourth-order valence-corrected chi connectivity index (χ4v) is 2.99. The molecule has 0 radical (unpaired) electrons. The molecule has 1 saturated carbocycles. The molecule has 1 N–H and O–H groups in total. The van der Waals surface area contributed by atoms with Gasteiger partial charge in [-0.15, -0.1) is 11.3 Å². The van der Waals surface area contributed by atoms with Gasteiger partial charge in [0, 0.05) is 22.5 Å². The van der Waals surface area contributed by atoms with Gasteiger partial charge in [0.2, 0.25) is 0 Å². The average molecular weight is 316 g/mol. The van der Waals surface area contributed by atoms with Crippen molar-refractivity contribution in [3.05, 3.63) is 40.2 Å². The lowest BCUT2D eigenvalue weighted by Gasteiger charge is -2.20. The largest absolute Gasteiger partial charge is 0.480 e. The average Bonchev–Trinajstić information content (AvgIpc) is 3.25. The Morgan fingerprint density at radius 1 is 1.41 bits per heavy atom. The van der Waals surface area contributed by atoms with Crippen LogP contribution in [0.3, 0.4) is 0 Å². The maximum atomic E-state index is 12.6. The van der Waals surface area contributed by atoms with Crippen LogP contribution in [0.4, 0.5) is 0 Å². The van der Waals surface area contributed by atoms with Crippen molar-refractivity contribution >= 4 is 23.2 Å². The Labute approximate surface area is 132 Å². The standard InChI is InChI=1S/C16H16N2O3S/c1-10-17-14(9-22-10)11-3-2-4-12(7-11)16(21)18(8-15(19)20)13-5-6-13/h2-4,7,9,13H,5-6,8H2,1H3,(H,19,20). The van der Waals surface area contributed by atoms with Crippen LogP contribution < -0.4 is 0 Å². The number of carbonyl (C=O) groups excluding carboxylic acids is 1. The van der Waals surface area contributed by atoms with E-state index in [1.165, 1.54) is 4.90 Å². The lowest BCUT2D eigenvalue weighted by molar-refractivity contribution is -0.137. The zero-order valence-corrected chi connectivity index (χ0v) is 13.0. The number of carboxylic acid groups (broad SMARTS) is 1. The van der Waals surface area contributed by atoms with Crippen LogP contribution in [0, 0.1) is 6.92 Å². The highest BCUT2D eigenvalue weighted by molar-refractivity contribution is 7.09. The van der Waals surface area contributed by atoms with E-state index in [1.807, 2.05) is 24.4 Å². The smallest absolute Gasteiger partial charge is 0.323 e. The summed E-state index contributed by atoms with van der Waals surface area (Å²) in [7, 11) is 0. The Morgan fingerprint density at radius 2 is 2.18 bits per heavy atom. The summed E-state index contributed by atoms with van der Waals surface area (Å²) < 4.78 is 0. The molecule has 22 heavy (non-hydrogen) atoms. The predicted octanol–water partition coefficient (Wildman–Crippen LogP) is 2.81. The summed E-state index contributed by atoms with van der Waals surface area (Å²) in [6.45, 7) is 1.69. The van der Waals surface area contributed by atoms with Gasteiger partial charge in [0.05, 0.1) is 10.7 Å². The molecule has 0 spiro atoms. The number of aromatic nitrogens is 1. The van der Waals surface area contributed by atoms with Gasteiger partial charge in [-0.3, -0.25) is 9.59 Å². The van der Waals surface area contributed by atoms with Crippen molar-refractivity contribution in [2.24, 2.45) is 0 Å². The molecule has 1 aliphatic rings. The summed E-state index contributed by atoms with van der Waals surface area (Å²) in [6, 6.07) is 7.29. The minimum atomic E-state index is -0.980. The highest BCUT2D eigenvalue weighted by atomic mass is 32.1. The highest BCUT2D eigenvalue weighted by Gasteiger charge is 2.34. The van der Waals surface area contributed by atoms with Crippen molar-refractivity contribution in [2.75, 3.05) is 6.54 Å². The molecule has 0 aliphatic heterocycles. The molecule has 0 atom stereocenters. The molecule has 1 heterocycles. The Balaban J connectivity index is 1.87. The molecular formula is C16H16N2O3S. The van der Waals surface area contributed by atoms with Crippen LogP contribution in [0.15, 0.2) is 29.6 Å². The van der Waals surface area contributed by atoms with E-state index in [2.05, 4.69) is 4.98 Å². The second-order valence-electron chi connectivity index (χ2n) is 5.39. The first kappa shape index (κ1) is 14.7. The molecule has 0 unspecified atom stereocenters. The van der Waals surface area contributed by atoms with Crippen LogP contribution >= 0.6 is 11.3 Å². The SMILES string of the molecule is Cc1nc(-c2cccc(C(=O)N(CC(=O)O)C3CC3)c2)cs1. The Hall–Kier alpha value is -2.21. The van der Waals surface area contributed by atoms with Crippen molar-refractivity contribution in [3.63, 3.8) is 0 Å². The molecule has 3 rings (SSSR count). The Morgan fingerprint density at radius 3 is 2.77 bits per heavy atom. The number of amides is 1. The van der Waals surface area contributed by atoms with E-state index in [0.29, 0.717) is 5.56 Å². The number of nitrogens with zero attached hydrogens (tertiary/aromatic N) is 2. The lowest BCUT2D eigenvalue weighted by Crippen LogP contribution is -2.37. The van der Waals surface area contributed by atoms with E-state index in [9.17, 15) is 9.59 Å². The van der Waals surface area contributed by atoms with Crippen molar-refractivity contribution < 1.29 is 14.7 Å². The quantitative estimate of drug-likeness (QED) is 0.921. The van der Waals surface area contributed by atoms with E-state index in [1.54, 1.807) is 23.5 Å². The first-order valence-electron chi connectivity index (χ1n) is 7.10. The van der Waals surface area contributed by atoms with Gasteiger partial charge in [0.1, 0.15) is 6.54 Å². The Bertz CT molecular complexity index is 722. The first-order valence-corrected chi connectivity index (χ1v) is 7.98. The normalized spacial score (nSPS) is 13.9. The topological polar surface area (TPSA) is 70.5 Å². The van der Waals surface area contributed by atoms with Crippen LogP contribution in [-0.2, 0) is 4.79 Å². The molecule has 2 aromatic rings. The zero-order valence-electron chi connectivity index (χ0n) is 12.2. The van der Waals surface area contributed by atoms with Gasteiger partial charge in [-0.2, -0.15) is 0 Å². The molecule has 5 nitrogen and oxygen atoms in total.